The van der Waals surface area contributed by atoms with Crippen LogP contribution in [0.5, 0.6) is 0 Å². The fourth-order valence-electron chi connectivity index (χ4n) is 6.71. The van der Waals surface area contributed by atoms with E-state index in [4.69, 9.17) is 62.3 Å². The quantitative estimate of drug-likeness (QED) is 0.0480. The van der Waals surface area contributed by atoms with Crippen molar-refractivity contribution >= 4 is 23.9 Å². The third kappa shape index (κ3) is 12.8. The molecular formula is C32H50O29. The van der Waals surface area contributed by atoms with E-state index in [2.05, 4.69) is 0 Å². The summed E-state index contributed by atoms with van der Waals surface area (Å²) in [6.45, 7) is -8.07. The molecule has 0 radical (unpaired) electrons. The van der Waals surface area contributed by atoms with Gasteiger partial charge < -0.3 is 124 Å². The van der Waals surface area contributed by atoms with Crippen LogP contribution < -0.4 is 0 Å². The van der Waals surface area contributed by atoms with Gasteiger partial charge in [-0.15, -0.1) is 0 Å². The van der Waals surface area contributed by atoms with Crippen molar-refractivity contribution < 1.29 is 143 Å². The average Bonchev–Trinajstić information content (AvgIpc) is 3.20. The Balaban J connectivity index is 1.55. The van der Waals surface area contributed by atoms with Crippen LogP contribution in [0.25, 0.3) is 0 Å². The topological polar surface area (TPSA) is 453 Å². The summed E-state index contributed by atoms with van der Waals surface area (Å²) in [5.41, 5.74) is 0. The Labute approximate surface area is 342 Å². The number of carbonyl (C=O) groups is 4. The molecule has 0 aromatic carbocycles. The van der Waals surface area contributed by atoms with E-state index in [1.807, 2.05) is 0 Å². The number of rotatable bonds is 22. The summed E-state index contributed by atoms with van der Waals surface area (Å²) in [4.78, 5) is 45.0. The van der Waals surface area contributed by atoms with Gasteiger partial charge in [0.05, 0.1) is 26.4 Å². The molecule has 0 spiro atoms. The van der Waals surface area contributed by atoms with Gasteiger partial charge in [0.25, 0.3) is 0 Å². The minimum Gasteiger partial charge on any atom is -0.480 e. The van der Waals surface area contributed by atoms with Crippen LogP contribution in [0.1, 0.15) is 0 Å². The number of carboxylic acid groups (broad SMARTS) is 4. The van der Waals surface area contributed by atoms with E-state index < -0.39 is 200 Å². The first-order chi connectivity index (χ1) is 28.8. The second-order valence-electron chi connectivity index (χ2n) is 13.9. The molecule has 0 bridgehead atoms. The average molecular weight is 899 g/mol. The molecule has 29 nitrogen and oxygen atoms in total. The van der Waals surface area contributed by atoms with Crippen molar-refractivity contribution in [3.8, 4) is 0 Å². The van der Waals surface area contributed by atoms with E-state index in [1.165, 1.54) is 0 Å². The Bertz CT molecular complexity index is 1420. The van der Waals surface area contributed by atoms with E-state index in [0.717, 1.165) is 0 Å². The highest BCUT2D eigenvalue weighted by molar-refractivity contribution is 5.69. The lowest BCUT2D eigenvalue weighted by molar-refractivity contribution is -0.377. The fourth-order valence-corrected chi connectivity index (χ4v) is 6.71. The van der Waals surface area contributed by atoms with E-state index in [9.17, 15) is 80.5 Å². The van der Waals surface area contributed by atoms with Crippen molar-refractivity contribution in [1.29, 1.82) is 0 Å². The zero-order valence-corrected chi connectivity index (χ0v) is 31.6. The highest BCUT2D eigenvalue weighted by Crippen LogP contribution is 2.34. The number of hydrogen-bond acceptors (Lipinski definition) is 25. The predicted octanol–water partition coefficient (Wildman–Crippen LogP) is -9.31. The zero-order valence-electron chi connectivity index (χ0n) is 31.6. The Hall–Kier alpha value is -2.96. The molecular weight excluding hydrogens is 848 g/mol. The summed E-state index contributed by atoms with van der Waals surface area (Å²) in [6.07, 6.45) is -37.4. The molecule has 4 heterocycles. The molecule has 0 aromatic rings. The Kier molecular flexibility index (Phi) is 19.2. The lowest BCUT2D eigenvalue weighted by Crippen LogP contribution is -2.66. The predicted molar refractivity (Wildman–Crippen MR) is 179 cm³/mol. The number of aliphatic hydroxyl groups excluding tert-OH is 10. The zero-order chi connectivity index (χ0) is 45.3. The van der Waals surface area contributed by atoms with E-state index in [-0.39, 0.29) is 0 Å². The van der Waals surface area contributed by atoms with Crippen LogP contribution in [-0.2, 0) is 71.3 Å². The summed E-state index contributed by atoms with van der Waals surface area (Å²) < 4.78 is 60.0. The van der Waals surface area contributed by atoms with Crippen LogP contribution in [-0.4, -0.2) is 271 Å². The molecule has 0 saturated carbocycles. The van der Waals surface area contributed by atoms with Gasteiger partial charge in [0, 0.05) is 0 Å². The molecule has 20 atom stereocenters. The van der Waals surface area contributed by atoms with Gasteiger partial charge in [-0.2, -0.15) is 0 Å². The number of aliphatic hydroxyl groups is 10. The molecule has 0 aromatic heterocycles. The van der Waals surface area contributed by atoms with E-state index in [1.54, 1.807) is 0 Å². The van der Waals surface area contributed by atoms with Crippen molar-refractivity contribution in [2.24, 2.45) is 0 Å². The van der Waals surface area contributed by atoms with Crippen molar-refractivity contribution in [2.75, 3.05) is 52.9 Å². The normalized spacial score (nSPS) is 41.9. The van der Waals surface area contributed by atoms with Crippen LogP contribution in [0.15, 0.2) is 0 Å². The second kappa shape index (κ2) is 23.1. The molecule has 4 aliphatic rings. The number of carboxylic acids is 4. The Morgan fingerprint density at radius 1 is 0.361 bits per heavy atom. The van der Waals surface area contributed by atoms with E-state index >= 15 is 0 Å². The largest absolute Gasteiger partial charge is 0.480 e. The summed E-state index contributed by atoms with van der Waals surface area (Å²) in [6, 6.07) is 0. The van der Waals surface area contributed by atoms with Crippen molar-refractivity contribution in [1.82, 2.24) is 0 Å². The first-order valence-corrected chi connectivity index (χ1v) is 18.3. The molecule has 0 amide bonds. The third-order valence-corrected chi connectivity index (χ3v) is 9.66. The van der Waals surface area contributed by atoms with Crippen molar-refractivity contribution in [3.63, 3.8) is 0 Å². The van der Waals surface area contributed by atoms with Gasteiger partial charge >= 0.3 is 23.9 Å². The minimum absolute atomic E-state index is 0.901. The Morgan fingerprint density at radius 3 is 1.15 bits per heavy atom. The lowest BCUT2D eigenvalue weighted by Gasteiger charge is -2.48. The summed E-state index contributed by atoms with van der Waals surface area (Å²) in [5.74, 6) is -6.13. The molecule has 4 fully saturated rings. The monoisotopic (exact) mass is 898 g/mol. The maximum Gasteiger partial charge on any atom is 0.329 e. The van der Waals surface area contributed by atoms with Gasteiger partial charge in [0.15, 0.2) is 25.2 Å². The molecule has 61 heavy (non-hydrogen) atoms. The van der Waals surface area contributed by atoms with Crippen molar-refractivity contribution in [3.05, 3.63) is 0 Å². The van der Waals surface area contributed by atoms with Gasteiger partial charge in [0.1, 0.15) is 124 Å². The summed E-state index contributed by atoms with van der Waals surface area (Å²) in [5, 5.41) is 142. The smallest absolute Gasteiger partial charge is 0.329 e. The summed E-state index contributed by atoms with van der Waals surface area (Å²) in [7, 11) is 0. The Morgan fingerprint density at radius 2 is 0.705 bits per heavy atom. The van der Waals surface area contributed by atoms with Gasteiger partial charge in [-0.25, -0.2) is 19.2 Å². The van der Waals surface area contributed by atoms with Crippen LogP contribution >= 0.6 is 0 Å². The maximum absolute atomic E-state index is 11.5. The summed E-state index contributed by atoms with van der Waals surface area (Å²) >= 11 is 0. The molecule has 4 saturated heterocycles. The minimum atomic E-state index is -2.10. The number of ether oxygens (including phenoxy) is 11. The van der Waals surface area contributed by atoms with Gasteiger partial charge in [-0.1, -0.05) is 0 Å². The van der Waals surface area contributed by atoms with Crippen LogP contribution in [0, 0.1) is 0 Å². The van der Waals surface area contributed by atoms with Gasteiger partial charge in [0.2, 0.25) is 0 Å². The van der Waals surface area contributed by atoms with Gasteiger partial charge in [-0.3, -0.25) is 0 Å². The highest BCUT2D eigenvalue weighted by Gasteiger charge is 2.55. The molecule has 4 rings (SSSR count). The standard InChI is InChI=1S/C32H50O29/c33-1-9-17(44)19(46)26(51-5-13(36)37)31(56-9)61-25-11(3-35)58-30(28(23(25)50)53-7-15(40)41)54-4-12-18(45)20(47)27(52-6-14(38)39)32(59-12)60-24-10(2-34)57-29(22(49)21(24)48)55-8-16(42)43/h9-12,17-35,44-50H,1-8H2,(H,36,37)(H,38,39)(H,40,41)(H,42,43)/t9-,10-,11-,12-,17-,18-,19+,20+,21-,22-,23+,24-,25-,26-,27-,28-,29+,30+,31-,32-/m1/s1. The first-order valence-electron chi connectivity index (χ1n) is 18.3. The maximum atomic E-state index is 11.5. The third-order valence-electron chi connectivity index (χ3n) is 9.66. The molecule has 352 valence electrons. The first kappa shape index (κ1) is 50.7. The number of hydrogen-bond donors (Lipinski definition) is 14. The lowest BCUT2D eigenvalue weighted by atomic mass is 9.96. The second-order valence-corrected chi connectivity index (χ2v) is 13.9. The molecule has 0 unspecified atom stereocenters. The molecule has 4 aliphatic heterocycles. The van der Waals surface area contributed by atoms with Crippen LogP contribution in [0.4, 0.5) is 0 Å². The molecule has 14 N–H and O–H groups in total. The molecule has 0 aliphatic carbocycles. The number of aliphatic carboxylic acids is 4. The molecule has 29 heteroatoms. The van der Waals surface area contributed by atoms with Crippen molar-refractivity contribution in [2.45, 2.75) is 123 Å². The highest BCUT2D eigenvalue weighted by atomic mass is 16.8. The van der Waals surface area contributed by atoms with Gasteiger partial charge in [-0.05, 0) is 0 Å². The van der Waals surface area contributed by atoms with Crippen LogP contribution in [0.3, 0.4) is 0 Å². The van der Waals surface area contributed by atoms with Crippen LogP contribution in [0.2, 0.25) is 0 Å². The van der Waals surface area contributed by atoms with E-state index in [0.29, 0.717) is 0 Å². The SMILES string of the molecule is O=C(O)CO[C@H]1O[C@H](CO)[C@@H](O[C@H]2O[C@H](CO[C@H]3O[C@H](CO)[C@@H](O[C@H]4O[C@H](CO)[C@@H](O)[C@H](O)[C@H]4OCC(=O)O)[C@H](O)[C@H]3OCC(=O)O)[C@@H](O)[C@H](O)[C@H]2OCC(=O)O)[C@H](O)[C@H]1O. The fraction of sp³-hybridized carbons (Fsp3) is 0.875.